The molecule has 0 aromatic carbocycles. The summed E-state index contributed by atoms with van der Waals surface area (Å²) in [5.74, 6) is -0.599. The van der Waals surface area contributed by atoms with E-state index in [9.17, 15) is 9.90 Å². The highest BCUT2D eigenvalue weighted by Crippen LogP contribution is 2.39. The van der Waals surface area contributed by atoms with Gasteiger partial charge in [0.25, 0.3) is 0 Å². The van der Waals surface area contributed by atoms with Crippen molar-refractivity contribution in [3.8, 4) is 0 Å². The number of aromatic nitrogens is 2. The standard InChI is InChI=1S/C14H22ClN3O2/c1-10(2)17-14(13(19)20)6-3-4-11(14)5-7-18-9-12(15)8-16-18/h8-11,17H,3-7H2,1-2H3,(H,19,20). The normalized spacial score (nSPS) is 26.3. The zero-order chi connectivity index (χ0) is 14.8. The van der Waals surface area contributed by atoms with E-state index in [0.717, 1.165) is 19.3 Å². The van der Waals surface area contributed by atoms with E-state index in [1.54, 1.807) is 17.1 Å². The molecule has 6 heteroatoms. The number of carboxylic acid groups (broad SMARTS) is 1. The van der Waals surface area contributed by atoms with Crippen LogP contribution in [0.25, 0.3) is 0 Å². The monoisotopic (exact) mass is 299 g/mol. The molecule has 0 radical (unpaired) electrons. The molecule has 1 fully saturated rings. The molecule has 0 aliphatic heterocycles. The Morgan fingerprint density at radius 2 is 2.45 bits per heavy atom. The van der Waals surface area contributed by atoms with Gasteiger partial charge in [0.05, 0.1) is 11.2 Å². The van der Waals surface area contributed by atoms with Gasteiger partial charge in [-0.1, -0.05) is 18.0 Å². The largest absolute Gasteiger partial charge is 0.480 e. The van der Waals surface area contributed by atoms with Crippen LogP contribution in [-0.4, -0.2) is 32.4 Å². The maximum Gasteiger partial charge on any atom is 0.324 e. The molecule has 1 saturated carbocycles. The van der Waals surface area contributed by atoms with Crippen LogP contribution in [0.1, 0.15) is 39.5 Å². The van der Waals surface area contributed by atoms with Gasteiger partial charge in [-0.05, 0) is 39.0 Å². The lowest BCUT2D eigenvalue weighted by Gasteiger charge is -2.34. The molecule has 0 amide bonds. The summed E-state index contributed by atoms with van der Waals surface area (Å²) >= 11 is 5.84. The second-order valence-electron chi connectivity index (χ2n) is 5.87. The molecular weight excluding hydrogens is 278 g/mol. The van der Waals surface area contributed by atoms with Gasteiger partial charge in [0, 0.05) is 18.8 Å². The van der Waals surface area contributed by atoms with Crippen LogP contribution in [0.3, 0.4) is 0 Å². The smallest absolute Gasteiger partial charge is 0.324 e. The van der Waals surface area contributed by atoms with Crippen molar-refractivity contribution in [2.75, 3.05) is 0 Å². The Labute approximate surface area is 124 Å². The maximum absolute atomic E-state index is 11.8. The Morgan fingerprint density at radius 3 is 3.00 bits per heavy atom. The average Bonchev–Trinajstić information content (AvgIpc) is 2.93. The Kier molecular flexibility index (Phi) is 4.70. The van der Waals surface area contributed by atoms with E-state index in [4.69, 9.17) is 11.6 Å². The van der Waals surface area contributed by atoms with Crippen LogP contribution in [0.15, 0.2) is 12.4 Å². The van der Waals surface area contributed by atoms with E-state index in [1.807, 2.05) is 13.8 Å². The molecule has 0 spiro atoms. The number of rotatable bonds is 6. The van der Waals surface area contributed by atoms with Crippen molar-refractivity contribution >= 4 is 17.6 Å². The molecule has 112 valence electrons. The summed E-state index contributed by atoms with van der Waals surface area (Å²) in [6, 6.07) is 0.158. The zero-order valence-corrected chi connectivity index (χ0v) is 12.7. The SMILES string of the molecule is CC(C)NC1(C(=O)O)CCCC1CCn1cc(Cl)cn1. The predicted octanol–water partition coefficient (Wildman–Crippen LogP) is 2.55. The first-order valence-corrected chi connectivity index (χ1v) is 7.51. The highest BCUT2D eigenvalue weighted by Gasteiger charge is 2.48. The lowest BCUT2D eigenvalue weighted by Crippen LogP contribution is -2.57. The van der Waals surface area contributed by atoms with Crippen molar-refractivity contribution < 1.29 is 9.90 Å². The van der Waals surface area contributed by atoms with E-state index in [-0.39, 0.29) is 12.0 Å². The molecule has 2 unspecified atom stereocenters. The van der Waals surface area contributed by atoms with Gasteiger partial charge in [-0.25, -0.2) is 0 Å². The maximum atomic E-state index is 11.8. The molecule has 2 rings (SSSR count). The van der Waals surface area contributed by atoms with Crippen molar-refractivity contribution in [2.24, 2.45) is 5.92 Å². The van der Waals surface area contributed by atoms with Gasteiger partial charge in [0.1, 0.15) is 5.54 Å². The fourth-order valence-corrected chi connectivity index (χ4v) is 3.42. The Balaban J connectivity index is 2.06. The fourth-order valence-electron chi connectivity index (χ4n) is 3.27. The summed E-state index contributed by atoms with van der Waals surface area (Å²) < 4.78 is 1.78. The summed E-state index contributed by atoms with van der Waals surface area (Å²) in [6.45, 7) is 4.69. The summed E-state index contributed by atoms with van der Waals surface area (Å²) in [5, 5.41) is 17.7. The molecule has 1 heterocycles. The Morgan fingerprint density at radius 1 is 1.70 bits per heavy atom. The molecule has 5 nitrogen and oxygen atoms in total. The number of hydrogen-bond donors (Lipinski definition) is 2. The molecule has 1 aliphatic carbocycles. The second kappa shape index (κ2) is 6.14. The summed E-state index contributed by atoms with van der Waals surface area (Å²) in [7, 11) is 0. The third kappa shape index (κ3) is 3.15. The minimum atomic E-state index is -0.787. The molecular formula is C14H22ClN3O2. The molecule has 20 heavy (non-hydrogen) atoms. The van der Waals surface area contributed by atoms with Crippen LogP contribution in [0, 0.1) is 5.92 Å². The topological polar surface area (TPSA) is 67.2 Å². The molecule has 0 saturated heterocycles. The quantitative estimate of drug-likeness (QED) is 0.847. The van der Waals surface area contributed by atoms with Crippen LogP contribution in [-0.2, 0) is 11.3 Å². The zero-order valence-electron chi connectivity index (χ0n) is 12.0. The Hall–Kier alpha value is -1.07. The van der Waals surface area contributed by atoms with Gasteiger partial charge in [0.15, 0.2) is 0 Å². The van der Waals surface area contributed by atoms with Crippen LogP contribution >= 0.6 is 11.6 Å². The number of hydrogen-bond acceptors (Lipinski definition) is 3. The molecule has 1 aromatic heterocycles. The van der Waals surface area contributed by atoms with Gasteiger partial charge in [0.2, 0.25) is 0 Å². The van der Waals surface area contributed by atoms with E-state index in [2.05, 4.69) is 10.4 Å². The number of aliphatic carboxylic acids is 1. The third-order valence-corrected chi connectivity index (χ3v) is 4.25. The van der Waals surface area contributed by atoms with Crippen molar-refractivity contribution in [2.45, 2.75) is 57.7 Å². The fraction of sp³-hybridized carbons (Fsp3) is 0.714. The van der Waals surface area contributed by atoms with Crippen molar-refractivity contribution in [3.63, 3.8) is 0 Å². The van der Waals surface area contributed by atoms with Crippen LogP contribution in [0.2, 0.25) is 5.02 Å². The first-order chi connectivity index (χ1) is 9.44. The number of carbonyl (C=O) groups is 1. The second-order valence-corrected chi connectivity index (χ2v) is 6.31. The van der Waals surface area contributed by atoms with Crippen LogP contribution < -0.4 is 5.32 Å². The molecule has 1 aromatic rings. The highest BCUT2D eigenvalue weighted by atomic mass is 35.5. The summed E-state index contributed by atoms with van der Waals surface area (Å²) in [5.41, 5.74) is -0.787. The average molecular weight is 300 g/mol. The van der Waals surface area contributed by atoms with E-state index >= 15 is 0 Å². The first-order valence-electron chi connectivity index (χ1n) is 7.13. The molecule has 2 N–H and O–H groups in total. The minimum absolute atomic E-state index is 0.130. The lowest BCUT2D eigenvalue weighted by molar-refractivity contribution is -0.147. The minimum Gasteiger partial charge on any atom is -0.480 e. The molecule has 0 bridgehead atoms. The van der Waals surface area contributed by atoms with Crippen LogP contribution in [0.5, 0.6) is 0 Å². The number of nitrogens with one attached hydrogen (secondary N) is 1. The van der Waals surface area contributed by atoms with Gasteiger partial charge in [-0.15, -0.1) is 0 Å². The number of halogens is 1. The molecule has 2 atom stereocenters. The van der Waals surface area contributed by atoms with E-state index in [0.29, 0.717) is 18.0 Å². The number of nitrogens with zero attached hydrogens (tertiary/aromatic N) is 2. The summed E-state index contributed by atoms with van der Waals surface area (Å²) in [6.07, 6.45) is 6.77. The van der Waals surface area contributed by atoms with Crippen molar-refractivity contribution in [3.05, 3.63) is 17.4 Å². The van der Waals surface area contributed by atoms with Crippen molar-refractivity contribution in [1.82, 2.24) is 15.1 Å². The summed E-state index contributed by atoms with van der Waals surface area (Å²) in [4.78, 5) is 11.8. The van der Waals surface area contributed by atoms with Gasteiger partial charge in [-0.3, -0.25) is 14.8 Å². The van der Waals surface area contributed by atoms with Crippen molar-refractivity contribution in [1.29, 1.82) is 0 Å². The van der Waals surface area contributed by atoms with Gasteiger partial charge < -0.3 is 5.11 Å². The Bertz CT molecular complexity index is 475. The number of carboxylic acids is 1. The van der Waals surface area contributed by atoms with Gasteiger partial charge >= 0.3 is 5.97 Å². The van der Waals surface area contributed by atoms with E-state index < -0.39 is 11.5 Å². The lowest BCUT2D eigenvalue weighted by atomic mass is 9.84. The predicted molar refractivity (Wildman–Crippen MR) is 77.8 cm³/mol. The number of aryl methyl sites for hydroxylation is 1. The van der Waals surface area contributed by atoms with E-state index in [1.165, 1.54) is 0 Å². The molecule has 1 aliphatic rings. The van der Waals surface area contributed by atoms with Crippen LogP contribution in [0.4, 0.5) is 0 Å². The third-order valence-electron chi connectivity index (χ3n) is 4.06. The highest BCUT2D eigenvalue weighted by molar-refractivity contribution is 6.30. The first kappa shape index (κ1) is 15.3. The van der Waals surface area contributed by atoms with Gasteiger partial charge in [-0.2, -0.15) is 5.10 Å².